The van der Waals surface area contributed by atoms with Gasteiger partial charge in [-0.05, 0) is 87.7 Å². The van der Waals surface area contributed by atoms with Crippen LogP contribution in [0, 0.1) is 0 Å². The summed E-state index contributed by atoms with van der Waals surface area (Å²) in [6.07, 6.45) is 1.80. The molecule has 1 aliphatic rings. The quantitative estimate of drug-likeness (QED) is 0.235. The molecule has 9 heteroatoms. The number of benzene rings is 3. The maximum absolute atomic E-state index is 13.2. The van der Waals surface area contributed by atoms with Gasteiger partial charge in [-0.25, -0.2) is 0 Å². The van der Waals surface area contributed by atoms with Gasteiger partial charge in [-0.1, -0.05) is 51.8 Å². The van der Waals surface area contributed by atoms with Crippen LogP contribution < -0.4 is 14.5 Å². The first-order valence-corrected chi connectivity index (χ1v) is 13.4. The summed E-state index contributed by atoms with van der Waals surface area (Å²) in [6, 6.07) is 16.8. The number of hydrogen-bond acceptors (Lipinski definition) is 4. The second-order valence-electron chi connectivity index (χ2n) is 7.57. The highest BCUT2D eigenvalue weighted by molar-refractivity contribution is 9.13. The van der Waals surface area contributed by atoms with Crippen LogP contribution in [0.1, 0.15) is 25.0 Å². The van der Waals surface area contributed by atoms with Gasteiger partial charge in [0.25, 0.3) is 5.91 Å². The molecule has 0 fully saturated rings. The molecule has 0 radical (unpaired) electrons. The van der Waals surface area contributed by atoms with E-state index in [1.165, 1.54) is 5.01 Å². The molecular formula is C26H20Br3ClN2O3. The lowest BCUT2D eigenvalue weighted by Crippen LogP contribution is -2.21. The summed E-state index contributed by atoms with van der Waals surface area (Å²) in [5, 5.41) is 6.51. The number of ether oxygens (including phenoxy) is 2. The van der Waals surface area contributed by atoms with E-state index in [-0.39, 0.29) is 12.5 Å². The van der Waals surface area contributed by atoms with E-state index < -0.39 is 0 Å². The van der Waals surface area contributed by atoms with Gasteiger partial charge in [0.1, 0.15) is 6.61 Å². The van der Waals surface area contributed by atoms with Crippen molar-refractivity contribution in [1.29, 1.82) is 0 Å². The fourth-order valence-electron chi connectivity index (χ4n) is 3.49. The molecule has 1 aliphatic heterocycles. The highest BCUT2D eigenvalue weighted by Crippen LogP contribution is 2.44. The maximum Gasteiger partial charge on any atom is 0.280 e. The van der Waals surface area contributed by atoms with Crippen LogP contribution >= 0.6 is 59.4 Å². The zero-order valence-electron chi connectivity index (χ0n) is 18.8. The summed E-state index contributed by atoms with van der Waals surface area (Å²) in [6.45, 7) is 4.44. The second-order valence-corrected chi connectivity index (χ2v) is 10.5. The molecular weight excluding hydrogens is 663 g/mol. The molecule has 0 aromatic heterocycles. The number of amides is 1. The third-order valence-electron chi connectivity index (χ3n) is 5.20. The van der Waals surface area contributed by atoms with E-state index in [2.05, 4.69) is 52.9 Å². The van der Waals surface area contributed by atoms with E-state index in [9.17, 15) is 4.79 Å². The van der Waals surface area contributed by atoms with Crippen LogP contribution in [0.15, 0.2) is 78.7 Å². The normalized spacial score (nSPS) is 14.5. The van der Waals surface area contributed by atoms with Crippen LogP contribution in [-0.4, -0.2) is 18.2 Å². The van der Waals surface area contributed by atoms with E-state index in [4.69, 9.17) is 21.1 Å². The van der Waals surface area contributed by atoms with Crippen LogP contribution in [0.2, 0.25) is 5.02 Å². The highest BCUT2D eigenvalue weighted by Gasteiger charge is 2.29. The minimum absolute atomic E-state index is 0.208. The highest BCUT2D eigenvalue weighted by atomic mass is 79.9. The summed E-state index contributed by atoms with van der Waals surface area (Å²) in [4.78, 5) is 13.2. The predicted octanol–water partition coefficient (Wildman–Crippen LogP) is 8.41. The van der Waals surface area contributed by atoms with Gasteiger partial charge >= 0.3 is 0 Å². The molecule has 0 atom stereocenters. The van der Waals surface area contributed by atoms with Crippen molar-refractivity contribution in [1.82, 2.24) is 0 Å². The lowest BCUT2D eigenvalue weighted by Gasteiger charge is -2.17. The number of anilines is 1. The third-order valence-corrected chi connectivity index (χ3v) is 8.21. The smallest absolute Gasteiger partial charge is 0.280 e. The topological polar surface area (TPSA) is 51.1 Å². The number of hydrazone groups is 1. The third kappa shape index (κ3) is 5.66. The standard InChI is InChI=1S/C26H20Br3ClN2O3/c1-3-34-22-12-17(23(28)24(29)25(22)35-14-16-7-4-5-10-21(16)30)11-20-15(2)31-32(26(20)33)19-9-6-8-18(27)13-19/h4-13H,3,14H2,1-2H3. The van der Waals surface area contributed by atoms with E-state index in [0.717, 1.165) is 20.1 Å². The Bertz CT molecular complexity index is 1360. The molecule has 35 heavy (non-hydrogen) atoms. The number of halogens is 4. The SMILES string of the molecule is CCOc1cc(C=C2C(=O)N(c3cccc(Br)c3)N=C2C)c(Br)c(Br)c1OCc1ccccc1Cl. The van der Waals surface area contributed by atoms with Gasteiger partial charge in [0.2, 0.25) is 0 Å². The molecule has 4 rings (SSSR count). The van der Waals surface area contributed by atoms with Crippen molar-refractivity contribution in [2.75, 3.05) is 11.6 Å². The fourth-order valence-corrected chi connectivity index (χ4v) is 5.02. The van der Waals surface area contributed by atoms with Gasteiger partial charge in [-0.15, -0.1) is 0 Å². The first kappa shape index (κ1) is 25.9. The monoisotopic (exact) mass is 680 g/mol. The summed E-state index contributed by atoms with van der Waals surface area (Å²) in [5.74, 6) is 0.880. The first-order chi connectivity index (χ1) is 16.8. The van der Waals surface area contributed by atoms with E-state index in [0.29, 0.717) is 44.6 Å². The summed E-state index contributed by atoms with van der Waals surface area (Å²) < 4.78 is 14.3. The van der Waals surface area contributed by atoms with Crippen molar-refractivity contribution < 1.29 is 14.3 Å². The molecule has 1 amide bonds. The van der Waals surface area contributed by atoms with Crippen LogP contribution in [0.5, 0.6) is 11.5 Å². The Labute approximate surface area is 234 Å². The first-order valence-electron chi connectivity index (χ1n) is 10.7. The minimum Gasteiger partial charge on any atom is -0.490 e. The van der Waals surface area contributed by atoms with Crippen LogP contribution in [0.4, 0.5) is 5.69 Å². The van der Waals surface area contributed by atoms with Gasteiger partial charge in [0.15, 0.2) is 11.5 Å². The molecule has 0 spiro atoms. The molecule has 3 aromatic carbocycles. The number of rotatable bonds is 7. The molecule has 0 saturated heterocycles. The van der Waals surface area contributed by atoms with Crippen LogP contribution in [0.25, 0.3) is 6.08 Å². The summed E-state index contributed by atoms with van der Waals surface area (Å²) >= 11 is 17.0. The van der Waals surface area contributed by atoms with Gasteiger partial charge in [0.05, 0.1) is 28.1 Å². The summed E-state index contributed by atoms with van der Waals surface area (Å²) in [5.41, 5.74) is 3.41. The van der Waals surface area contributed by atoms with Crippen LogP contribution in [0.3, 0.4) is 0 Å². The van der Waals surface area contributed by atoms with E-state index in [1.54, 1.807) is 6.08 Å². The molecule has 0 bridgehead atoms. The molecule has 1 heterocycles. The fraction of sp³-hybridized carbons (Fsp3) is 0.154. The number of carbonyl (C=O) groups is 1. The molecule has 0 unspecified atom stereocenters. The van der Waals surface area contributed by atoms with Crippen LogP contribution in [-0.2, 0) is 11.4 Å². The Kier molecular flexibility index (Phi) is 8.37. The molecule has 5 nitrogen and oxygen atoms in total. The zero-order chi connectivity index (χ0) is 25.1. The Morgan fingerprint density at radius 1 is 1.03 bits per heavy atom. The lowest BCUT2D eigenvalue weighted by molar-refractivity contribution is -0.114. The Hall–Kier alpha value is -2.13. The van der Waals surface area contributed by atoms with Crippen molar-refractivity contribution in [2.45, 2.75) is 20.5 Å². The van der Waals surface area contributed by atoms with Gasteiger partial charge < -0.3 is 9.47 Å². The second kappa shape index (κ2) is 11.3. The number of hydrogen-bond donors (Lipinski definition) is 0. The lowest BCUT2D eigenvalue weighted by atomic mass is 10.1. The molecule has 0 saturated carbocycles. The molecule has 180 valence electrons. The summed E-state index contributed by atoms with van der Waals surface area (Å²) in [7, 11) is 0. The van der Waals surface area contributed by atoms with Crippen molar-refractivity contribution >= 4 is 82.8 Å². The number of carbonyl (C=O) groups excluding carboxylic acids is 1. The van der Waals surface area contributed by atoms with Gasteiger partial charge in [0, 0.05) is 19.5 Å². The number of nitrogens with zero attached hydrogens (tertiary/aromatic N) is 2. The zero-order valence-corrected chi connectivity index (χ0v) is 24.3. The van der Waals surface area contributed by atoms with Crippen molar-refractivity contribution in [3.8, 4) is 11.5 Å². The molecule has 0 aliphatic carbocycles. The minimum atomic E-state index is -0.208. The average molecular weight is 684 g/mol. The van der Waals surface area contributed by atoms with Crippen molar-refractivity contribution in [3.05, 3.63) is 89.7 Å². The van der Waals surface area contributed by atoms with Crippen molar-refractivity contribution in [3.63, 3.8) is 0 Å². The predicted molar refractivity (Wildman–Crippen MR) is 152 cm³/mol. The maximum atomic E-state index is 13.2. The molecule has 3 aromatic rings. The Morgan fingerprint density at radius 2 is 1.80 bits per heavy atom. The Morgan fingerprint density at radius 3 is 2.51 bits per heavy atom. The van der Waals surface area contributed by atoms with Crippen molar-refractivity contribution in [2.24, 2.45) is 5.10 Å². The Balaban J connectivity index is 1.68. The van der Waals surface area contributed by atoms with Gasteiger partial charge in [-0.3, -0.25) is 4.79 Å². The largest absolute Gasteiger partial charge is 0.490 e. The van der Waals surface area contributed by atoms with E-state index in [1.807, 2.05) is 68.4 Å². The molecule has 0 N–H and O–H groups in total. The average Bonchev–Trinajstić information content (AvgIpc) is 3.11. The van der Waals surface area contributed by atoms with Gasteiger partial charge in [-0.2, -0.15) is 10.1 Å². The van der Waals surface area contributed by atoms with E-state index >= 15 is 0 Å².